The Bertz CT molecular complexity index is 644. The van der Waals surface area contributed by atoms with E-state index in [1.54, 1.807) is 30.3 Å². The number of nitrogens with one attached hydrogen (secondary N) is 1. The largest absolute Gasteiger partial charge is 0.469 e. The van der Waals surface area contributed by atoms with Crippen molar-refractivity contribution in [2.24, 2.45) is 17.8 Å². The molecule has 1 amide bonds. The molecule has 1 heterocycles. The van der Waals surface area contributed by atoms with E-state index in [9.17, 15) is 19.5 Å². The fraction of sp³-hybridized carbons (Fsp3) is 0.500. The summed E-state index contributed by atoms with van der Waals surface area (Å²) in [7, 11) is 1.34. The molecule has 1 aliphatic heterocycles. The van der Waals surface area contributed by atoms with Crippen LogP contribution in [0.3, 0.4) is 0 Å². The van der Waals surface area contributed by atoms with Gasteiger partial charge in [-0.25, -0.2) is 0 Å². The van der Waals surface area contributed by atoms with Crippen LogP contribution in [0.4, 0.5) is 0 Å². The summed E-state index contributed by atoms with van der Waals surface area (Å²) in [5.74, 6) is -2.72. The minimum absolute atomic E-state index is 0.221. The van der Waals surface area contributed by atoms with Crippen LogP contribution in [-0.2, 0) is 14.3 Å². The zero-order valence-electron chi connectivity index (χ0n) is 13.5. The molecule has 3 rings (SSSR count). The van der Waals surface area contributed by atoms with Gasteiger partial charge in [0.2, 0.25) is 5.91 Å². The summed E-state index contributed by atoms with van der Waals surface area (Å²) in [6.45, 7) is 0. The third-order valence-electron chi connectivity index (χ3n) is 5.17. The number of ether oxygens (including phenoxy) is 1. The monoisotopic (exact) mass is 331 g/mol. The Hall–Kier alpha value is -2.21. The maximum absolute atomic E-state index is 12.6. The summed E-state index contributed by atoms with van der Waals surface area (Å²) in [5, 5.41) is 13.5. The Kier molecular flexibility index (Phi) is 4.66. The number of carbonyl (C=O) groups excluding carboxylic acids is 3. The molecular weight excluding hydrogens is 310 g/mol. The summed E-state index contributed by atoms with van der Waals surface area (Å²) in [4.78, 5) is 36.7. The molecule has 0 bridgehead atoms. The number of amides is 1. The zero-order valence-corrected chi connectivity index (χ0v) is 13.5. The molecule has 128 valence electrons. The number of esters is 1. The first kappa shape index (κ1) is 16.6. The van der Waals surface area contributed by atoms with Gasteiger partial charge < -0.3 is 15.2 Å². The molecule has 2 N–H and O–H groups in total. The SMILES string of the molecule is COC(=O)C1CCC2C(C1)NC(=O)C(C(=O)c1ccccc1)C2O. The van der Waals surface area contributed by atoms with Crippen molar-refractivity contribution in [2.45, 2.75) is 31.4 Å². The molecule has 2 fully saturated rings. The molecule has 5 atom stereocenters. The molecule has 1 aliphatic carbocycles. The predicted octanol–water partition coefficient (Wildman–Crippen LogP) is 0.934. The highest BCUT2D eigenvalue weighted by Crippen LogP contribution is 2.37. The van der Waals surface area contributed by atoms with Gasteiger partial charge in [0.15, 0.2) is 5.78 Å². The van der Waals surface area contributed by atoms with Gasteiger partial charge in [-0.05, 0) is 19.3 Å². The highest BCUT2D eigenvalue weighted by molar-refractivity contribution is 6.11. The van der Waals surface area contributed by atoms with Gasteiger partial charge >= 0.3 is 5.97 Å². The number of methoxy groups -OCH3 is 1. The van der Waals surface area contributed by atoms with E-state index in [4.69, 9.17) is 4.74 Å². The van der Waals surface area contributed by atoms with Crippen LogP contribution in [0.1, 0.15) is 29.6 Å². The number of piperidine rings is 1. The summed E-state index contributed by atoms with van der Waals surface area (Å²) < 4.78 is 4.77. The molecule has 6 nitrogen and oxygen atoms in total. The molecule has 0 aromatic heterocycles. The van der Waals surface area contributed by atoms with Crippen LogP contribution in [0.25, 0.3) is 0 Å². The molecule has 1 aromatic rings. The smallest absolute Gasteiger partial charge is 0.308 e. The van der Waals surface area contributed by atoms with Crippen LogP contribution in [0.2, 0.25) is 0 Å². The van der Waals surface area contributed by atoms with Crippen LogP contribution in [0, 0.1) is 17.8 Å². The third-order valence-corrected chi connectivity index (χ3v) is 5.17. The summed E-state index contributed by atoms with van der Waals surface area (Å²) >= 11 is 0. The topological polar surface area (TPSA) is 92.7 Å². The lowest BCUT2D eigenvalue weighted by Gasteiger charge is -2.44. The van der Waals surface area contributed by atoms with Gasteiger partial charge in [0, 0.05) is 17.5 Å². The maximum Gasteiger partial charge on any atom is 0.308 e. The molecule has 1 saturated heterocycles. The van der Waals surface area contributed by atoms with E-state index in [0.717, 1.165) is 0 Å². The van der Waals surface area contributed by atoms with Gasteiger partial charge in [-0.15, -0.1) is 0 Å². The van der Waals surface area contributed by atoms with Crippen molar-refractivity contribution in [3.8, 4) is 0 Å². The fourth-order valence-electron chi connectivity index (χ4n) is 3.88. The van der Waals surface area contributed by atoms with Gasteiger partial charge in [0.25, 0.3) is 0 Å². The van der Waals surface area contributed by atoms with Gasteiger partial charge in [-0.2, -0.15) is 0 Å². The van der Waals surface area contributed by atoms with Crippen molar-refractivity contribution in [2.75, 3.05) is 7.11 Å². The van der Waals surface area contributed by atoms with Gasteiger partial charge in [-0.1, -0.05) is 30.3 Å². The van der Waals surface area contributed by atoms with Crippen LogP contribution in [0.5, 0.6) is 0 Å². The van der Waals surface area contributed by atoms with Crippen molar-refractivity contribution < 1.29 is 24.2 Å². The lowest BCUT2D eigenvalue weighted by Crippen LogP contribution is -2.61. The molecule has 24 heavy (non-hydrogen) atoms. The number of Topliss-reactive ketones (excluding diaryl/α,β-unsaturated/α-hetero) is 1. The number of ketones is 1. The number of carbonyl (C=O) groups is 3. The quantitative estimate of drug-likeness (QED) is 0.488. The molecule has 1 saturated carbocycles. The number of benzene rings is 1. The lowest BCUT2D eigenvalue weighted by atomic mass is 9.69. The Labute approximate surface area is 140 Å². The summed E-state index contributed by atoms with van der Waals surface area (Å²) in [6, 6.07) is 8.23. The average molecular weight is 331 g/mol. The second-order valence-corrected chi connectivity index (χ2v) is 6.51. The van der Waals surface area contributed by atoms with Crippen LogP contribution in [-0.4, -0.2) is 42.0 Å². The number of aliphatic hydroxyl groups excluding tert-OH is 1. The second kappa shape index (κ2) is 6.73. The van der Waals surface area contributed by atoms with Crippen molar-refractivity contribution in [3.05, 3.63) is 35.9 Å². The van der Waals surface area contributed by atoms with Crippen LogP contribution in [0.15, 0.2) is 30.3 Å². The predicted molar refractivity (Wildman–Crippen MR) is 85.0 cm³/mol. The van der Waals surface area contributed by atoms with E-state index in [2.05, 4.69) is 5.32 Å². The van der Waals surface area contributed by atoms with Crippen molar-refractivity contribution in [1.82, 2.24) is 5.32 Å². The van der Waals surface area contributed by atoms with E-state index in [1.165, 1.54) is 7.11 Å². The zero-order chi connectivity index (χ0) is 17.3. The average Bonchev–Trinajstić information content (AvgIpc) is 2.61. The van der Waals surface area contributed by atoms with Crippen molar-refractivity contribution in [3.63, 3.8) is 0 Å². The highest BCUT2D eigenvalue weighted by atomic mass is 16.5. The first-order chi connectivity index (χ1) is 11.5. The maximum atomic E-state index is 12.6. The summed E-state index contributed by atoms with van der Waals surface area (Å²) in [6.07, 6.45) is 0.569. The Balaban J connectivity index is 1.77. The third kappa shape index (κ3) is 2.94. The van der Waals surface area contributed by atoms with Crippen LogP contribution < -0.4 is 5.32 Å². The molecule has 1 aromatic carbocycles. The van der Waals surface area contributed by atoms with Gasteiger partial charge in [-0.3, -0.25) is 14.4 Å². The van der Waals surface area contributed by atoms with Gasteiger partial charge in [0.1, 0.15) is 5.92 Å². The van der Waals surface area contributed by atoms with E-state index in [-0.39, 0.29) is 29.6 Å². The minimum Gasteiger partial charge on any atom is -0.469 e. The van der Waals surface area contributed by atoms with Crippen molar-refractivity contribution >= 4 is 17.7 Å². The Morgan fingerprint density at radius 2 is 1.92 bits per heavy atom. The second-order valence-electron chi connectivity index (χ2n) is 6.51. The van der Waals surface area contributed by atoms with Crippen molar-refractivity contribution in [1.29, 1.82) is 0 Å². The normalized spacial score (nSPS) is 32.4. The van der Waals surface area contributed by atoms with E-state index >= 15 is 0 Å². The number of aliphatic hydroxyl groups is 1. The standard InChI is InChI=1S/C18H21NO5/c1-24-18(23)11-7-8-12-13(9-11)19-17(22)14(16(12)21)15(20)10-5-3-2-4-6-10/h2-6,11-14,16,21H,7-9H2,1H3,(H,19,22). The first-order valence-electron chi connectivity index (χ1n) is 8.18. The van der Waals surface area contributed by atoms with E-state index in [1.807, 2.05) is 0 Å². The Morgan fingerprint density at radius 3 is 2.58 bits per heavy atom. The molecule has 0 radical (unpaired) electrons. The van der Waals surface area contributed by atoms with E-state index in [0.29, 0.717) is 24.8 Å². The van der Waals surface area contributed by atoms with Crippen LogP contribution >= 0.6 is 0 Å². The first-order valence-corrected chi connectivity index (χ1v) is 8.18. The highest BCUT2D eigenvalue weighted by Gasteiger charge is 2.49. The number of rotatable bonds is 3. The van der Waals surface area contributed by atoms with Gasteiger partial charge in [0.05, 0.1) is 19.1 Å². The lowest BCUT2D eigenvalue weighted by molar-refractivity contribution is -0.150. The number of hydrogen-bond donors (Lipinski definition) is 2. The molecule has 2 aliphatic rings. The molecular formula is C18H21NO5. The Morgan fingerprint density at radius 1 is 1.21 bits per heavy atom. The summed E-state index contributed by atoms with van der Waals surface area (Å²) in [5.41, 5.74) is 0.415. The fourth-order valence-corrected chi connectivity index (χ4v) is 3.88. The molecule has 0 spiro atoms. The van der Waals surface area contributed by atoms with E-state index < -0.39 is 17.9 Å². The number of fused-ring (bicyclic) bond motifs is 1. The molecule has 5 unspecified atom stereocenters. The molecule has 6 heteroatoms. The number of hydrogen-bond acceptors (Lipinski definition) is 5. The minimum atomic E-state index is -1.09.